The second-order valence-corrected chi connectivity index (χ2v) is 5.28. The maximum absolute atomic E-state index is 8.58. The van der Waals surface area contributed by atoms with Crippen molar-refractivity contribution < 1.29 is 9.94 Å². The lowest BCUT2D eigenvalue weighted by atomic mass is 10.0. The molecule has 2 rings (SSSR count). The van der Waals surface area contributed by atoms with Crippen LogP contribution in [0.5, 0.6) is 0 Å². The molecule has 5 heteroatoms. The third-order valence-electron chi connectivity index (χ3n) is 3.55. The largest absolute Gasteiger partial charge is 0.409 e. The second-order valence-electron chi connectivity index (χ2n) is 5.28. The van der Waals surface area contributed by atoms with Crippen molar-refractivity contribution in [2.24, 2.45) is 16.3 Å². The van der Waals surface area contributed by atoms with E-state index in [1.54, 1.807) is 0 Å². The molecule has 0 aromatic carbocycles. The fourth-order valence-electron chi connectivity index (χ4n) is 2.18. The molecule has 1 aliphatic carbocycles. The van der Waals surface area contributed by atoms with Gasteiger partial charge in [0.1, 0.15) is 5.84 Å². The third kappa shape index (κ3) is 4.52. The molecule has 0 amide bonds. The molecule has 0 saturated heterocycles. The molecule has 1 aromatic rings. The van der Waals surface area contributed by atoms with Gasteiger partial charge >= 0.3 is 0 Å². The van der Waals surface area contributed by atoms with E-state index in [1.807, 2.05) is 24.5 Å². The normalized spacial score (nSPS) is 17.4. The highest BCUT2D eigenvalue weighted by atomic mass is 16.5. The lowest BCUT2D eigenvalue weighted by Gasteiger charge is -2.14. The molecule has 0 unspecified atom stereocenters. The quantitative estimate of drug-likeness (QED) is 0.247. The minimum atomic E-state index is 0.132. The summed E-state index contributed by atoms with van der Waals surface area (Å²) in [6.07, 6.45) is 8.48. The summed E-state index contributed by atoms with van der Waals surface area (Å²) in [5, 5.41) is 11.6. The zero-order valence-corrected chi connectivity index (χ0v) is 11.1. The zero-order chi connectivity index (χ0) is 13.6. The number of amidine groups is 1. The average Bonchev–Trinajstić information content (AvgIpc) is 3.19. The Morgan fingerprint density at radius 1 is 1.42 bits per heavy atom. The molecular formula is C14H21N3O2. The highest BCUT2D eigenvalue weighted by Gasteiger charge is 2.43. The first-order valence-corrected chi connectivity index (χ1v) is 6.67. The molecule has 1 heterocycles. The fraction of sp³-hybridized carbons (Fsp3) is 0.571. The van der Waals surface area contributed by atoms with Gasteiger partial charge in [-0.15, -0.1) is 0 Å². The van der Waals surface area contributed by atoms with Crippen LogP contribution in [-0.2, 0) is 11.2 Å². The summed E-state index contributed by atoms with van der Waals surface area (Å²) >= 11 is 0. The predicted molar refractivity (Wildman–Crippen MR) is 73.1 cm³/mol. The number of pyridine rings is 1. The van der Waals surface area contributed by atoms with Crippen molar-refractivity contribution in [3.63, 3.8) is 0 Å². The van der Waals surface area contributed by atoms with Gasteiger partial charge in [-0.05, 0) is 43.4 Å². The van der Waals surface area contributed by atoms with Crippen molar-refractivity contribution >= 4 is 5.84 Å². The van der Waals surface area contributed by atoms with Crippen molar-refractivity contribution in [2.75, 3.05) is 13.2 Å². The van der Waals surface area contributed by atoms with E-state index in [0.717, 1.165) is 32.3 Å². The van der Waals surface area contributed by atoms with Crippen LogP contribution < -0.4 is 5.73 Å². The Kier molecular flexibility index (Phi) is 4.74. The summed E-state index contributed by atoms with van der Waals surface area (Å²) in [6.45, 7) is 1.46. The van der Waals surface area contributed by atoms with E-state index in [0.29, 0.717) is 18.9 Å². The summed E-state index contributed by atoms with van der Waals surface area (Å²) in [4.78, 5) is 3.99. The summed E-state index contributed by atoms with van der Waals surface area (Å²) in [5.41, 5.74) is 6.96. The zero-order valence-electron chi connectivity index (χ0n) is 11.1. The fourth-order valence-corrected chi connectivity index (χ4v) is 2.18. The van der Waals surface area contributed by atoms with E-state index in [9.17, 15) is 0 Å². The molecule has 0 radical (unpaired) electrons. The van der Waals surface area contributed by atoms with Gasteiger partial charge < -0.3 is 15.7 Å². The number of nitrogens with zero attached hydrogens (tertiary/aromatic N) is 2. The highest BCUT2D eigenvalue weighted by Crippen LogP contribution is 2.48. The standard InChI is InChI=1S/C14H21N3O2/c15-13(17-18)10-14(5-6-14)11-19-9-1-2-12-3-7-16-8-4-12/h3-4,7-8,18H,1-2,5-6,9-11H2,(H2,15,17). The van der Waals surface area contributed by atoms with E-state index in [4.69, 9.17) is 15.7 Å². The first-order valence-electron chi connectivity index (χ1n) is 6.67. The van der Waals surface area contributed by atoms with Gasteiger partial charge in [0, 0.05) is 30.8 Å². The molecule has 1 aromatic heterocycles. The van der Waals surface area contributed by atoms with Crippen LogP contribution in [0.1, 0.15) is 31.2 Å². The monoisotopic (exact) mass is 263 g/mol. The molecule has 1 saturated carbocycles. The Hall–Kier alpha value is -1.62. The second kappa shape index (κ2) is 6.52. The molecule has 1 fully saturated rings. The van der Waals surface area contributed by atoms with Gasteiger partial charge in [-0.1, -0.05) is 5.16 Å². The van der Waals surface area contributed by atoms with Gasteiger partial charge in [0.15, 0.2) is 0 Å². The van der Waals surface area contributed by atoms with Crippen LogP contribution in [0.3, 0.4) is 0 Å². The predicted octanol–water partition coefficient (Wildman–Crippen LogP) is 1.95. The van der Waals surface area contributed by atoms with E-state index in [1.165, 1.54) is 5.56 Å². The molecule has 5 nitrogen and oxygen atoms in total. The lowest BCUT2D eigenvalue weighted by molar-refractivity contribution is 0.0905. The SMILES string of the molecule is NC(CC1(COCCCc2ccncc2)CC1)=NO. The molecule has 0 aliphatic heterocycles. The van der Waals surface area contributed by atoms with Crippen LogP contribution in [0.25, 0.3) is 0 Å². The van der Waals surface area contributed by atoms with Crippen LogP contribution in [0, 0.1) is 5.41 Å². The molecule has 3 N–H and O–H groups in total. The van der Waals surface area contributed by atoms with Crippen LogP contribution in [-0.4, -0.2) is 29.2 Å². The maximum Gasteiger partial charge on any atom is 0.139 e. The summed E-state index contributed by atoms with van der Waals surface area (Å²) in [5.74, 6) is 0.304. The molecule has 0 spiro atoms. The summed E-state index contributed by atoms with van der Waals surface area (Å²) < 4.78 is 5.72. The van der Waals surface area contributed by atoms with Gasteiger partial charge in [-0.3, -0.25) is 4.98 Å². The first kappa shape index (κ1) is 13.8. The van der Waals surface area contributed by atoms with Crippen molar-refractivity contribution in [1.82, 2.24) is 4.98 Å². The van der Waals surface area contributed by atoms with E-state index in [2.05, 4.69) is 10.1 Å². The lowest BCUT2D eigenvalue weighted by Crippen LogP contribution is -2.21. The number of aryl methyl sites for hydroxylation is 1. The van der Waals surface area contributed by atoms with Crippen molar-refractivity contribution in [1.29, 1.82) is 0 Å². The van der Waals surface area contributed by atoms with Gasteiger partial charge in [0.05, 0.1) is 6.61 Å². The van der Waals surface area contributed by atoms with Gasteiger partial charge in [-0.2, -0.15) is 0 Å². The van der Waals surface area contributed by atoms with Crippen LogP contribution in [0.15, 0.2) is 29.7 Å². The molecule has 1 aliphatic rings. The van der Waals surface area contributed by atoms with Gasteiger partial charge in [-0.25, -0.2) is 0 Å². The van der Waals surface area contributed by atoms with E-state index in [-0.39, 0.29) is 5.41 Å². The van der Waals surface area contributed by atoms with Crippen molar-refractivity contribution in [3.8, 4) is 0 Å². The summed E-state index contributed by atoms with van der Waals surface area (Å²) in [7, 11) is 0. The average molecular weight is 263 g/mol. The Balaban J connectivity index is 1.60. The molecule has 0 bridgehead atoms. The molecule has 104 valence electrons. The van der Waals surface area contributed by atoms with E-state index < -0.39 is 0 Å². The Labute approximate surface area is 113 Å². The van der Waals surface area contributed by atoms with E-state index >= 15 is 0 Å². The van der Waals surface area contributed by atoms with Crippen molar-refractivity contribution in [2.45, 2.75) is 32.1 Å². The Bertz CT molecular complexity index is 416. The number of hydrogen-bond donors (Lipinski definition) is 2. The Morgan fingerprint density at radius 3 is 2.79 bits per heavy atom. The van der Waals surface area contributed by atoms with Crippen LogP contribution in [0.2, 0.25) is 0 Å². The van der Waals surface area contributed by atoms with Crippen LogP contribution >= 0.6 is 0 Å². The van der Waals surface area contributed by atoms with Crippen LogP contribution in [0.4, 0.5) is 0 Å². The van der Waals surface area contributed by atoms with Gasteiger partial charge in [0.2, 0.25) is 0 Å². The minimum absolute atomic E-state index is 0.132. The highest BCUT2D eigenvalue weighted by molar-refractivity contribution is 5.80. The molecule has 19 heavy (non-hydrogen) atoms. The van der Waals surface area contributed by atoms with Gasteiger partial charge in [0.25, 0.3) is 0 Å². The number of oxime groups is 1. The smallest absolute Gasteiger partial charge is 0.139 e. The number of aromatic nitrogens is 1. The number of hydrogen-bond acceptors (Lipinski definition) is 4. The number of rotatable bonds is 8. The Morgan fingerprint density at radius 2 is 2.16 bits per heavy atom. The van der Waals surface area contributed by atoms with Crippen molar-refractivity contribution in [3.05, 3.63) is 30.1 Å². The summed E-state index contributed by atoms with van der Waals surface area (Å²) in [6, 6.07) is 4.06. The topological polar surface area (TPSA) is 80.7 Å². The third-order valence-corrected chi connectivity index (χ3v) is 3.55. The number of ether oxygens (including phenoxy) is 1. The number of nitrogens with two attached hydrogens (primary N) is 1. The maximum atomic E-state index is 8.58. The molecule has 0 atom stereocenters. The minimum Gasteiger partial charge on any atom is -0.409 e. The first-order chi connectivity index (χ1) is 9.24. The molecular weight excluding hydrogens is 242 g/mol.